The van der Waals surface area contributed by atoms with Crippen LogP contribution in [-0.4, -0.2) is 53.6 Å². The molecule has 0 aromatic heterocycles. The third-order valence-electron chi connectivity index (χ3n) is 4.62. The normalized spacial score (nSPS) is 10.8. The number of nitrogens with zero attached hydrogens (tertiary/aromatic N) is 1. The van der Waals surface area contributed by atoms with Gasteiger partial charge in [-0.05, 0) is 43.0 Å². The van der Waals surface area contributed by atoms with Gasteiger partial charge in [-0.25, -0.2) is 4.99 Å². The first-order valence-electron chi connectivity index (χ1n) is 10.6. The van der Waals surface area contributed by atoms with Crippen molar-refractivity contribution >= 4 is 29.9 Å². The Morgan fingerprint density at radius 2 is 1.56 bits per heavy atom. The number of benzene rings is 2. The van der Waals surface area contributed by atoms with Crippen molar-refractivity contribution in [3.05, 3.63) is 53.6 Å². The van der Waals surface area contributed by atoms with Crippen LogP contribution in [0.4, 0.5) is 0 Å². The molecule has 0 atom stereocenters. The van der Waals surface area contributed by atoms with E-state index in [1.165, 1.54) is 5.56 Å². The highest BCUT2D eigenvalue weighted by molar-refractivity contribution is 14.0. The molecule has 7 nitrogen and oxygen atoms in total. The lowest BCUT2D eigenvalue weighted by atomic mass is 10.2. The van der Waals surface area contributed by atoms with E-state index in [9.17, 15) is 0 Å². The fourth-order valence-electron chi connectivity index (χ4n) is 3.06. The van der Waals surface area contributed by atoms with E-state index in [4.69, 9.17) is 18.9 Å². The monoisotopic (exact) mass is 557 g/mol. The zero-order valence-corrected chi connectivity index (χ0v) is 21.8. The van der Waals surface area contributed by atoms with Crippen molar-refractivity contribution in [1.29, 1.82) is 0 Å². The Kier molecular flexibility index (Phi) is 14.3. The Morgan fingerprint density at radius 3 is 2.16 bits per heavy atom. The summed E-state index contributed by atoms with van der Waals surface area (Å²) in [5.74, 6) is 2.59. The number of halogens is 1. The second kappa shape index (κ2) is 16.4. The summed E-state index contributed by atoms with van der Waals surface area (Å²) in [6.07, 6.45) is 1.84. The molecule has 0 aliphatic heterocycles. The molecule has 0 saturated carbocycles. The van der Waals surface area contributed by atoms with Crippen LogP contribution < -0.4 is 24.8 Å². The minimum atomic E-state index is 0. The number of aliphatic imine (C=N–C) groups is 1. The first kappa shape index (κ1) is 27.8. The molecule has 0 fully saturated rings. The van der Waals surface area contributed by atoms with E-state index in [2.05, 4.69) is 39.9 Å². The lowest BCUT2D eigenvalue weighted by molar-refractivity contribution is 0.135. The Balaban J connectivity index is 0.00000512. The van der Waals surface area contributed by atoms with Crippen molar-refractivity contribution in [3.8, 4) is 17.2 Å². The summed E-state index contributed by atoms with van der Waals surface area (Å²) in [4.78, 5) is 4.67. The number of ether oxygens (including phenoxy) is 4. The van der Waals surface area contributed by atoms with Gasteiger partial charge in [0.1, 0.15) is 0 Å². The van der Waals surface area contributed by atoms with Gasteiger partial charge in [-0.3, -0.25) is 0 Å². The third kappa shape index (κ3) is 9.52. The number of hydrogen-bond acceptors (Lipinski definition) is 5. The minimum absolute atomic E-state index is 0. The first-order valence-corrected chi connectivity index (χ1v) is 10.6. The van der Waals surface area contributed by atoms with Gasteiger partial charge < -0.3 is 29.6 Å². The fourth-order valence-corrected chi connectivity index (χ4v) is 3.06. The predicted octanol–water partition coefficient (Wildman–Crippen LogP) is 4.03. The summed E-state index contributed by atoms with van der Waals surface area (Å²) in [6, 6.07) is 14.2. The van der Waals surface area contributed by atoms with Gasteiger partial charge in [0, 0.05) is 19.7 Å². The van der Waals surface area contributed by atoms with Gasteiger partial charge in [-0.1, -0.05) is 30.3 Å². The average Bonchev–Trinajstić information content (AvgIpc) is 2.81. The first-order chi connectivity index (χ1) is 15.2. The zero-order valence-electron chi connectivity index (χ0n) is 19.5. The average molecular weight is 557 g/mol. The molecule has 2 aromatic rings. The van der Waals surface area contributed by atoms with Gasteiger partial charge in [0.05, 0.1) is 34.5 Å². The number of methoxy groups -OCH3 is 3. The summed E-state index contributed by atoms with van der Waals surface area (Å²) in [5.41, 5.74) is 2.27. The van der Waals surface area contributed by atoms with Gasteiger partial charge in [0.25, 0.3) is 0 Å². The van der Waals surface area contributed by atoms with E-state index in [1.54, 1.807) is 21.3 Å². The molecule has 0 unspecified atom stereocenters. The second-order valence-corrected chi connectivity index (χ2v) is 6.86. The summed E-state index contributed by atoms with van der Waals surface area (Å²) in [7, 11) is 4.81. The molecule has 0 spiro atoms. The topological polar surface area (TPSA) is 73.3 Å². The number of rotatable bonds is 13. The van der Waals surface area contributed by atoms with E-state index in [1.807, 2.05) is 25.1 Å². The molecule has 2 N–H and O–H groups in total. The Labute approximate surface area is 208 Å². The summed E-state index contributed by atoms with van der Waals surface area (Å²) < 4.78 is 21.9. The smallest absolute Gasteiger partial charge is 0.203 e. The van der Waals surface area contributed by atoms with Crippen molar-refractivity contribution in [3.63, 3.8) is 0 Å². The predicted molar refractivity (Wildman–Crippen MR) is 140 cm³/mol. The summed E-state index contributed by atoms with van der Waals surface area (Å²) in [6.45, 7) is 5.55. The molecule has 0 aliphatic carbocycles. The molecule has 0 heterocycles. The quantitative estimate of drug-likeness (QED) is 0.168. The molecule has 0 amide bonds. The highest BCUT2D eigenvalue weighted by Gasteiger charge is 2.13. The molecule has 178 valence electrons. The van der Waals surface area contributed by atoms with Crippen molar-refractivity contribution in [1.82, 2.24) is 10.6 Å². The lowest BCUT2D eigenvalue weighted by Crippen LogP contribution is -2.38. The minimum Gasteiger partial charge on any atom is -0.493 e. The highest BCUT2D eigenvalue weighted by Crippen LogP contribution is 2.38. The van der Waals surface area contributed by atoms with Gasteiger partial charge in [0.2, 0.25) is 5.75 Å². The zero-order chi connectivity index (χ0) is 22.3. The molecule has 32 heavy (non-hydrogen) atoms. The molecule has 2 aromatic carbocycles. The van der Waals surface area contributed by atoms with E-state index in [-0.39, 0.29) is 24.0 Å². The third-order valence-corrected chi connectivity index (χ3v) is 4.62. The van der Waals surface area contributed by atoms with Crippen LogP contribution in [0.3, 0.4) is 0 Å². The highest BCUT2D eigenvalue weighted by atomic mass is 127. The standard InChI is InChI=1S/C24H35N3O4.HI/c1-5-25-24(26-13-9-14-31-15-12-19-10-7-6-8-11-19)27-18-20-16-21(28-2)23(30-4)22(17-20)29-3;/h6-8,10-11,16-17H,5,9,12-15,18H2,1-4H3,(H2,25,26,27);1H. The maximum absolute atomic E-state index is 5.74. The van der Waals surface area contributed by atoms with Crippen molar-refractivity contribution in [2.24, 2.45) is 4.99 Å². The number of guanidine groups is 1. The molecular weight excluding hydrogens is 521 g/mol. The Hall–Kier alpha value is -2.20. The van der Waals surface area contributed by atoms with Crippen molar-refractivity contribution in [2.75, 3.05) is 47.6 Å². The largest absolute Gasteiger partial charge is 0.493 e. The van der Waals surface area contributed by atoms with Crippen LogP contribution in [0.1, 0.15) is 24.5 Å². The molecule has 2 rings (SSSR count). The van der Waals surface area contributed by atoms with Crippen molar-refractivity contribution in [2.45, 2.75) is 26.3 Å². The van der Waals surface area contributed by atoms with Crippen LogP contribution in [0, 0.1) is 0 Å². The molecule has 0 bridgehead atoms. The van der Waals surface area contributed by atoms with Crippen LogP contribution in [0.5, 0.6) is 17.2 Å². The van der Waals surface area contributed by atoms with E-state index in [0.717, 1.165) is 44.1 Å². The lowest BCUT2D eigenvalue weighted by Gasteiger charge is -2.14. The van der Waals surface area contributed by atoms with Crippen molar-refractivity contribution < 1.29 is 18.9 Å². The maximum Gasteiger partial charge on any atom is 0.203 e. The van der Waals surface area contributed by atoms with Crippen LogP contribution in [0.2, 0.25) is 0 Å². The maximum atomic E-state index is 5.74. The number of hydrogen-bond donors (Lipinski definition) is 2. The van der Waals surface area contributed by atoms with Crippen LogP contribution in [0.15, 0.2) is 47.5 Å². The summed E-state index contributed by atoms with van der Waals surface area (Å²) >= 11 is 0. The molecule has 0 aliphatic rings. The second-order valence-electron chi connectivity index (χ2n) is 6.86. The van der Waals surface area contributed by atoms with E-state index >= 15 is 0 Å². The van der Waals surface area contributed by atoms with Gasteiger partial charge in [0.15, 0.2) is 17.5 Å². The van der Waals surface area contributed by atoms with E-state index in [0.29, 0.717) is 30.4 Å². The van der Waals surface area contributed by atoms with Crippen LogP contribution in [-0.2, 0) is 17.7 Å². The SMILES string of the molecule is CCNC(=NCc1cc(OC)c(OC)c(OC)c1)NCCCOCCc1ccccc1.I. The van der Waals surface area contributed by atoms with Gasteiger partial charge in [-0.2, -0.15) is 0 Å². The summed E-state index contributed by atoms with van der Waals surface area (Å²) in [5, 5.41) is 6.62. The van der Waals surface area contributed by atoms with Gasteiger partial charge in [-0.15, -0.1) is 24.0 Å². The molecule has 0 radical (unpaired) electrons. The fraction of sp³-hybridized carbons (Fsp3) is 0.458. The van der Waals surface area contributed by atoms with Crippen LogP contribution >= 0.6 is 24.0 Å². The molecular formula is C24H36IN3O4. The van der Waals surface area contributed by atoms with Crippen LogP contribution in [0.25, 0.3) is 0 Å². The Morgan fingerprint density at radius 1 is 0.875 bits per heavy atom. The molecule has 8 heteroatoms. The number of nitrogens with one attached hydrogen (secondary N) is 2. The molecule has 0 saturated heterocycles. The van der Waals surface area contributed by atoms with E-state index < -0.39 is 0 Å². The van der Waals surface area contributed by atoms with Gasteiger partial charge >= 0.3 is 0 Å². The Bertz CT molecular complexity index is 778.